The maximum Gasteiger partial charge on any atom is 0.207 e. The Morgan fingerprint density at radius 2 is 1.89 bits per heavy atom. The molecule has 96 valence electrons. The van der Waals surface area contributed by atoms with E-state index in [2.05, 4.69) is 37.7 Å². The Morgan fingerprint density at radius 3 is 2.44 bits per heavy atom. The highest BCUT2D eigenvalue weighted by molar-refractivity contribution is 7.99. The van der Waals surface area contributed by atoms with Crippen LogP contribution in [0.5, 0.6) is 0 Å². The van der Waals surface area contributed by atoms with Crippen molar-refractivity contribution in [2.75, 3.05) is 0 Å². The monoisotopic (exact) mass is 262 g/mol. The zero-order chi connectivity index (χ0) is 13.2. The summed E-state index contributed by atoms with van der Waals surface area (Å²) < 4.78 is 5.83. The molecule has 1 atom stereocenters. The summed E-state index contributed by atoms with van der Waals surface area (Å²) in [5.41, 5.74) is 0.00625. The van der Waals surface area contributed by atoms with E-state index in [1.54, 1.807) is 24.2 Å². The van der Waals surface area contributed by atoms with E-state index in [0.717, 1.165) is 11.7 Å². The predicted molar refractivity (Wildman–Crippen MR) is 73.7 cm³/mol. The number of nitrogens with zero attached hydrogens (tertiary/aromatic N) is 2. The summed E-state index contributed by atoms with van der Waals surface area (Å²) in [7, 11) is 0. The molecule has 0 spiro atoms. The molecule has 0 saturated carbocycles. The third-order valence-electron chi connectivity index (χ3n) is 2.57. The van der Waals surface area contributed by atoms with Crippen molar-refractivity contribution >= 4 is 11.8 Å². The van der Waals surface area contributed by atoms with E-state index in [1.165, 1.54) is 4.90 Å². The third-order valence-corrected chi connectivity index (χ3v) is 3.67. The van der Waals surface area contributed by atoms with E-state index >= 15 is 0 Å². The van der Waals surface area contributed by atoms with Gasteiger partial charge in [0.25, 0.3) is 0 Å². The molecule has 4 heteroatoms. The number of pyridine rings is 1. The molecular formula is C14H18N2OS. The number of aromatic nitrogens is 2. The normalized spacial score (nSPS) is 13.6. The maximum atomic E-state index is 5.83. The molecule has 0 N–H and O–H groups in total. The van der Waals surface area contributed by atoms with E-state index in [1.807, 2.05) is 18.3 Å². The molecule has 2 rings (SSSR count). The molecule has 3 nitrogen and oxygen atoms in total. The minimum Gasteiger partial charge on any atom is -0.444 e. The lowest BCUT2D eigenvalue weighted by Gasteiger charge is -2.13. The topological polar surface area (TPSA) is 38.9 Å². The van der Waals surface area contributed by atoms with Gasteiger partial charge in [0, 0.05) is 22.7 Å². The van der Waals surface area contributed by atoms with E-state index < -0.39 is 0 Å². The van der Waals surface area contributed by atoms with Crippen LogP contribution < -0.4 is 0 Å². The van der Waals surface area contributed by atoms with Crippen molar-refractivity contribution < 1.29 is 4.42 Å². The fourth-order valence-electron chi connectivity index (χ4n) is 1.49. The number of hydrogen-bond acceptors (Lipinski definition) is 4. The summed E-state index contributed by atoms with van der Waals surface area (Å²) in [5.74, 6) is 1.71. The van der Waals surface area contributed by atoms with Gasteiger partial charge in [-0.3, -0.25) is 4.98 Å². The first-order valence-electron chi connectivity index (χ1n) is 5.99. The molecular weight excluding hydrogens is 244 g/mol. The lowest BCUT2D eigenvalue weighted by molar-refractivity contribution is 0.383. The summed E-state index contributed by atoms with van der Waals surface area (Å²) in [6.07, 6.45) is 5.43. The summed E-state index contributed by atoms with van der Waals surface area (Å²) in [5, 5.41) is 0.198. The van der Waals surface area contributed by atoms with Gasteiger partial charge in [-0.1, -0.05) is 20.8 Å². The highest BCUT2D eigenvalue weighted by Crippen LogP contribution is 2.35. The highest BCUT2D eigenvalue weighted by atomic mass is 32.2. The summed E-state index contributed by atoms with van der Waals surface area (Å²) in [6.45, 7) is 8.47. The highest BCUT2D eigenvalue weighted by Gasteiger charge is 2.21. The van der Waals surface area contributed by atoms with Gasteiger partial charge in [0.2, 0.25) is 5.89 Å². The van der Waals surface area contributed by atoms with Crippen LogP contribution in [0, 0.1) is 0 Å². The summed E-state index contributed by atoms with van der Waals surface area (Å²) in [6, 6.07) is 3.99. The molecule has 0 aliphatic carbocycles. The van der Waals surface area contributed by atoms with E-state index in [-0.39, 0.29) is 10.7 Å². The average molecular weight is 262 g/mol. The van der Waals surface area contributed by atoms with Gasteiger partial charge in [0.15, 0.2) is 0 Å². The van der Waals surface area contributed by atoms with Gasteiger partial charge >= 0.3 is 0 Å². The van der Waals surface area contributed by atoms with Crippen molar-refractivity contribution in [3.63, 3.8) is 0 Å². The number of rotatable bonds is 3. The van der Waals surface area contributed by atoms with Crippen molar-refractivity contribution in [1.29, 1.82) is 0 Å². The first-order valence-corrected chi connectivity index (χ1v) is 6.87. The molecule has 0 amide bonds. The molecule has 0 radical (unpaired) electrons. The van der Waals surface area contributed by atoms with Gasteiger partial charge in [0.1, 0.15) is 5.76 Å². The van der Waals surface area contributed by atoms with Crippen LogP contribution in [0.25, 0.3) is 0 Å². The standard InChI is InChI=1S/C14H18N2OS/c1-10(18-11-5-7-15-8-6-11)13-16-9-12(17-13)14(2,3)4/h5-10H,1-4H3/t10-/m1/s1. The van der Waals surface area contributed by atoms with Crippen LogP contribution in [0.3, 0.4) is 0 Å². The number of oxazole rings is 1. The van der Waals surface area contributed by atoms with Gasteiger partial charge in [-0.05, 0) is 19.1 Å². The molecule has 2 aromatic rings. The fourth-order valence-corrected chi connectivity index (χ4v) is 2.39. The van der Waals surface area contributed by atoms with Crippen LogP contribution in [-0.2, 0) is 5.41 Å². The van der Waals surface area contributed by atoms with Crippen molar-refractivity contribution in [3.8, 4) is 0 Å². The molecule has 0 aliphatic heterocycles. The molecule has 2 heterocycles. The SMILES string of the molecule is C[C@@H](Sc1ccncc1)c1ncc(C(C)(C)C)o1. The molecule has 0 aliphatic rings. The van der Waals surface area contributed by atoms with Crippen LogP contribution >= 0.6 is 11.8 Å². The summed E-state index contributed by atoms with van der Waals surface area (Å²) >= 11 is 1.72. The largest absolute Gasteiger partial charge is 0.444 e. The quantitative estimate of drug-likeness (QED) is 0.776. The number of hydrogen-bond donors (Lipinski definition) is 0. The molecule has 0 aromatic carbocycles. The Kier molecular flexibility index (Phi) is 3.76. The maximum absolute atomic E-state index is 5.83. The van der Waals surface area contributed by atoms with Crippen LogP contribution in [0.1, 0.15) is 44.6 Å². The van der Waals surface area contributed by atoms with Crippen LogP contribution in [0.2, 0.25) is 0 Å². The number of thioether (sulfide) groups is 1. The van der Waals surface area contributed by atoms with Crippen LogP contribution in [0.15, 0.2) is 40.0 Å². The lowest BCUT2D eigenvalue weighted by Crippen LogP contribution is -2.09. The minimum atomic E-state index is 0.00625. The molecule has 18 heavy (non-hydrogen) atoms. The van der Waals surface area contributed by atoms with E-state index in [4.69, 9.17) is 4.42 Å². The summed E-state index contributed by atoms with van der Waals surface area (Å²) in [4.78, 5) is 9.56. The lowest BCUT2D eigenvalue weighted by atomic mass is 9.94. The van der Waals surface area contributed by atoms with E-state index in [9.17, 15) is 0 Å². The Bertz CT molecular complexity index is 502. The van der Waals surface area contributed by atoms with Crippen molar-refractivity contribution in [1.82, 2.24) is 9.97 Å². The molecule has 0 bridgehead atoms. The van der Waals surface area contributed by atoms with Gasteiger partial charge in [0.05, 0.1) is 11.4 Å². The Hall–Kier alpha value is -1.29. The van der Waals surface area contributed by atoms with Gasteiger partial charge in [-0.15, -0.1) is 11.8 Å². The zero-order valence-corrected chi connectivity index (χ0v) is 12.0. The smallest absolute Gasteiger partial charge is 0.207 e. The zero-order valence-electron chi connectivity index (χ0n) is 11.2. The Morgan fingerprint density at radius 1 is 1.22 bits per heavy atom. The third kappa shape index (κ3) is 3.13. The fraction of sp³-hybridized carbons (Fsp3) is 0.429. The average Bonchev–Trinajstić information content (AvgIpc) is 2.79. The van der Waals surface area contributed by atoms with Crippen LogP contribution in [-0.4, -0.2) is 9.97 Å². The van der Waals surface area contributed by atoms with Gasteiger partial charge in [-0.2, -0.15) is 0 Å². The van der Waals surface area contributed by atoms with Crippen LogP contribution in [0.4, 0.5) is 0 Å². The second-order valence-corrected chi connectivity index (χ2v) is 6.67. The molecule has 2 aromatic heterocycles. The first kappa shape index (κ1) is 13.1. The first-order chi connectivity index (χ1) is 8.47. The van der Waals surface area contributed by atoms with Crippen molar-refractivity contribution in [2.24, 2.45) is 0 Å². The molecule has 0 saturated heterocycles. The van der Waals surface area contributed by atoms with Gasteiger partial charge in [-0.25, -0.2) is 4.98 Å². The van der Waals surface area contributed by atoms with Gasteiger partial charge < -0.3 is 4.42 Å². The molecule has 0 unspecified atom stereocenters. The predicted octanol–water partition coefficient (Wildman–Crippen LogP) is 4.22. The van der Waals surface area contributed by atoms with Crippen molar-refractivity contribution in [2.45, 2.75) is 43.3 Å². The van der Waals surface area contributed by atoms with E-state index in [0.29, 0.717) is 0 Å². The van der Waals surface area contributed by atoms with Crippen molar-refractivity contribution in [3.05, 3.63) is 42.4 Å². The minimum absolute atomic E-state index is 0.00625. The Labute approximate surface area is 112 Å². The second kappa shape index (κ2) is 5.14. The Balaban J connectivity index is 2.10. The second-order valence-electron chi connectivity index (χ2n) is 5.26. The molecule has 0 fully saturated rings.